The minimum absolute atomic E-state index is 0.0657. The number of amides is 1. The van der Waals surface area contributed by atoms with Gasteiger partial charge in [0.2, 0.25) is 0 Å². The molecule has 0 radical (unpaired) electrons. The van der Waals surface area contributed by atoms with Crippen molar-refractivity contribution in [3.8, 4) is 0 Å². The maximum atomic E-state index is 13.1. The summed E-state index contributed by atoms with van der Waals surface area (Å²) in [5, 5.41) is 8.07. The van der Waals surface area contributed by atoms with Gasteiger partial charge in [-0.2, -0.15) is 5.10 Å². The van der Waals surface area contributed by atoms with Crippen molar-refractivity contribution in [3.05, 3.63) is 52.8 Å². The van der Waals surface area contributed by atoms with Gasteiger partial charge < -0.3 is 5.32 Å². The van der Waals surface area contributed by atoms with Crippen LogP contribution in [0.25, 0.3) is 11.0 Å². The predicted octanol–water partition coefficient (Wildman–Crippen LogP) is 2.95. The first kappa shape index (κ1) is 18.6. The number of aromatic nitrogens is 3. The molecular weight excluding hydrogens is 376 g/mol. The van der Waals surface area contributed by atoms with Gasteiger partial charge in [-0.3, -0.25) is 9.48 Å². The van der Waals surface area contributed by atoms with Crippen molar-refractivity contribution in [2.24, 2.45) is 7.05 Å². The number of benzene rings is 1. The molecule has 0 unspecified atom stereocenters. The highest BCUT2D eigenvalue weighted by molar-refractivity contribution is 7.89. The van der Waals surface area contributed by atoms with Crippen molar-refractivity contribution in [1.29, 1.82) is 0 Å². The first-order chi connectivity index (χ1) is 13.2. The molecule has 4 rings (SSSR count). The van der Waals surface area contributed by atoms with Gasteiger partial charge in [0.1, 0.15) is 0 Å². The van der Waals surface area contributed by atoms with Crippen molar-refractivity contribution >= 4 is 32.5 Å². The number of rotatable bonds is 5. The van der Waals surface area contributed by atoms with E-state index in [1.54, 1.807) is 28.9 Å². The zero-order valence-electron chi connectivity index (χ0n) is 16.1. The van der Waals surface area contributed by atoms with Gasteiger partial charge in [0.15, 0.2) is 15.5 Å². The van der Waals surface area contributed by atoms with Crippen LogP contribution in [0.4, 0.5) is 5.69 Å². The van der Waals surface area contributed by atoms with Crippen LogP contribution in [0.15, 0.2) is 30.3 Å². The number of nitrogens with zero attached hydrogens (tertiary/aromatic N) is 3. The molecule has 1 aliphatic rings. The molecule has 146 valence electrons. The molecule has 1 N–H and O–H groups in total. The molecule has 0 atom stereocenters. The molecule has 0 aliphatic heterocycles. The van der Waals surface area contributed by atoms with E-state index >= 15 is 0 Å². The lowest BCUT2D eigenvalue weighted by atomic mass is 10.1. The molecular formula is C20H22N4O3S. The third-order valence-electron chi connectivity index (χ3n) is 4.84. The van der Waals surface area contributed by atoms with E-state index in [0.717, 1.165) is 29.6 Å². The van der Waals surface area contributed by atoms with Gasteiger partial charge in [-0.05, 0) is 43.5 Å². The van der Waals surface area contributed by atoms with Crippen molar-refractivity contribution in [3.63, 3.8) is 0 Å². The quantitative estimate of drug-likeness (QED) is 0.713. The van der Waals surface area contributed by atoms with Crippen LogP contribution in [0.1, 0.15) is 46.1 Å². The Kier molecular flexibility index (Phi) is 4.45. The van der Waals surface area contributed by atoms with Crippen LogP contribution in [0.5, 0.6) is 0 Å². The van der Waals surface area contributed by atoms with E-state index < -0.39 is 9.84 Å². The third kappa shape index (κ3) is 3.77. The monoisotopic (exact) mass is 398 g/mol. The van der Waals surface area contributed by atoms with E-state index in [1.807, 2.05) is 20.0 Å². The number of aryl methyl sites for hydroxylation is 2. The van der Waals surface area contributed by atoms with E-state index in [-0.39, 0.29) is 11.7 Å². The van der Waals surface area contributed by atoms with Crippen molar-refractivity contribution in [2.45, 2.75) is 31.4 Å². The fourth-order valence-electron chi connectivity index (χ4n) is 3.47. The summed E-state index contributed by atoms with van der Waals surface area (Å²) >= 11 is 0. The predicted molar refractivity (Wildman–Crippen MR) is 108 cm³/mol. The molecule has 1 saturated carbocycles. The Labute approximate surface area is 163 Å². The summed E-state index contributed by atoms with van der Waals surface area (Å²) < 4.78 is 24.8. The topological polar surface area (TPSA) is 93.9 Å². The molecule has 1 aromatic carbocycles. The SMILES string of the molecule is Cc1nn(C)c2nc(C3CC3)cc(C(=O)Nc3cccc(CS(C)(=O)=O)c3)c12. The van der Waals surface area contributed by atoms with Gasteiger partial charge in [-0.15, -0.1) is 0 Å². The summed E-state index contributed by atoms with van der Waals surface area (Å²) in [6.45, 7) is 1.87. The lowest BCUT2D eigenvalue weighted by molar-refractivity contribution is 0.102. The molecule has 8 heteroatoms. The molecule has 28 heavy (non-hydrogen) atoms. The maximum Gasteiger partial charge on any atom is 0.256 e. The first-order valence-corrected chi connectivity index (χ1v) is 11.2. The highest BCUT2D eigenvalue weighted by Crippen LogP contribution is 2.40. The Balaban J connectivity index is 1.70. The Morgan fingerprint density at radius 3 is 2.71 bits per heavy atom. The number of nitrogens with one attached hydrogen (secondary N) is 1. The van der Waals surface area contributed by atoms with Crippen LogP contribution in [-0.2, 0) is 22.6 Å². The van der Waals surface area contributed by atoms with Gasteiger partial charge >= 0.3 is 0 Å². The summed E-state index contributed by atoms with van der Waals surface area (Å²) in [7, 11) is -1.32. The van der Waals surface area contributed by atoms with Gasteiger partial charge in [-0.1, -0.05) is 12.1 Å². The lowest BCUT2D eigenvalue weighted by Crippen LogP contribution is -2.14. The largest absolute Gasteiger partial charge is 0.322 e. The second-order valence-electron chi connectivity index (χ2n) is 7.50. The van der Waals surface area contributed by atoms with E-state index in [0.29, 0.717) is 28.4 Å². The average molecular weight is 398 g/mol. The Morgan fingerprint density at radius 2 is 2.04 bits per heavy atom. The molecule has 0 saturated heterocycles. The molecule has 1 amide bonds. The number of anilines is 1. The number of carbonyl (C=O) groups is 1. The molecule has 1 aliphatic carbocycles. The number of sulfone groups is 1. The lowest BCUT2D eigenvalue weighted by Gasteiger charge is -2.10. The summed E-state index contributed by atoms with van der Waals surface area (Å²) in [5.41, 5.74) is 4.13. The smallest absolute Gasteiger partial charge is 0.256 e. The van der Waals surface area contributed by atoms with Crippen LogP contribution >= 0.6 is 0 Å². The molecule has 7 nitrogen and oxygen atoms in total. The first-order valence-electron chi connectivity index (χ1n) is 9.13. The number of carbonyl (C=O) groups excluding carboxylic acids is 1. The molecule has 1 fully saturated rings. The molecule has 3 aromatic rings. The summed E-state index contributed by atoms with van der Waals surface area (Å²) in [4.78, 5) is 17.8. The fraction of sp³-hybridized carbons (Fsp3) is 0.350. The van der Waals surface area contributed by atoms with Crippen molar-refractivity contribution < 1.29 is 13.2 Å². The number of hydrogen-bond acceptors (Lipinski definition) is 5. The average Bonchev–Trinajstić information content (AvgIpc) is 3.40. The zero-order chi connectivity index (χ0) is 20.1. The second kappa shape index (κ2) is 6.70. The standard InChI is InChI=1S/C20H22N4O3S/c1-12-18-16(10-17(14-7-8-14)22-19(18)24(2)23-12)20(25)21-15-6-4-5-13(9-15)11-28(3,26)27/h4-6,9-10,14H,7-8,11H2,1-3H3,(H,21,25). The van der Waals surface area contributed by atoms with E-state index in [1.165, 1.54) is 6.26 Å². The highest BCUT2D eigenvalue weighted by atomic mass is 32.2. The van der Waals surface area contributed by atoms with Gasteiger partial charge in [-0.25, -0.2) is 13.4 Å². The van der Waals surface area contributed by atoms with Crippen LogP contribution in [0.3, 0.4) is 0 Å². The molecule has 0 bridgehead atoms. The number of pyridine rings is 1. The van der Waals surface area contributed by atoms with Crippen LogP contribution in [-0.4, -0.2) is 35.3 Å². The van der Waals surface area contributed by atoms with Gasteiger partial charge in [0.05, 0.1) is 22.4 Å². The summed E-state index contributed by atoms with van der Waals surface area (Å²) in [5.74, 6) is 0.0928. The highest BCUT2D eigenvalue weighted by Gasteiger charge is 2.28. The van der Waals surface area contributed by atoms with Gasteiger partial charge in [0, 0.05) is 30.6 Å². The Bertz CT molecular complexity index is 1190. The van der Waals surface area contributed by atoms with Crippen LogP contribution < -0.4 is 5.32 Å². The molecule has 2 heterocycles. The van der Waals surface area contributed by atoms with E-state index in [4.69, 9.17) is 4.98 Å². The molecule has 0 spiro atoms. The fourth-order valence-corrected chi connectivity index (χ4v) is 4.26. The van der Waals surface area contributed by atoms with Crippen LogP contribution in [0, 0.1) is 6.92 Å². The second-order valence-corrected chi connectivity index (χ2v) is 9.64. The number of hydrogen-bond donors (Lipinski definition) is 1. The van der Waals surface area contributed by atoms with Crippen LogP contribution in [0.2, 0.25) is 0 Å². The van der Waals surface area contributed by atoms with Crippen molar-refractivity contribution in [1.82, 2.24) is 14.8 Å². The van der Waals surface area contributed by atoms with Gasteiger partial charge in [0.25, 0.3) is 5.91 Å². The minimum Gasteiger partial charge on any atom is -0.322 e. The Hall–Kier alpha value is -2.74. The number of fused-ring (bicyclic) bond motifs is 1. The summed E-state index contributed by atoms with van der Waals surface area (Å²) in [6.07, 6.45) is 3.37. The zero-order valence-corrected chi connectivity index (χ0v) is 16.9. The minimum atomic E-state index is -3.15. The van der Waals surface area contributed by atoms with E-state index in [9.17, 15) is 13.2 Å². The Morgan fingerprint density at radius 1 is 1.29 bits per heavy atom. The van der Waals surface area contributed by atoms with E-state index in [2.05, 4.69) is 10.4 Å². The van der Waals surface area contributed by atoms with Crippen molar-refractivity contribution in [2.75, 3.05) is 11.6 Å². The normalized spacial score (nSPS) is 14.4. The summed E-state index contributed by atoms with van der Waals surface area (Å²) in [6, 6.07) is 8.78. The molecule has 2 aromatic heterocycles. The maximum absolute atomic E-state index is 13.1. The third-order valence-corrected chi connectivity index (χ3v) is 5.70.